The monoisotopic (exact) mass is 161 g/mol. The van der Waals surface area contributed by atoms with Gasteiger partial charge in [-0.15, -0.1) is 0 Å². The van der Waals surface area contributed by atoms with Gasteiger partial charge in [0.2, 0.25) is 0 Å². The highest BCUT2D eigenvalue weighted by molar-refractivity contribution is 5.20. The summed E-state index contributed by atoms with van der Waals surface area (Å²) in [6.07, 6.45) is 1.33. The van der Waals surface area contributed by atoms with Gasteiger partial charge in [0.15, 0.2) is 0 Å². The fraction of sp³-hybridized carbons (Fsp3) is 0.455. The van der Waals surface area contributed by atoms with Crippen LogP contribution >= 0.6 is 0 Å². The van der Waals surface area contributed by atoms with E-state index in [0.29, 0.717) is 6.04 Å². The van der Waals surface area contributed by atoms with E-state index in [9.17, 15) is 0 Å². The van der Waals surface area contributed by atoms with E-state index in [4.69, 9.17) is 0 Å². The molecule has 0 amide bonds. The molecule has 1 fully saturated rings. The Balaban J connectivity index is 2.11. The molecule has 1 saturated heterocycles. The van der Waals surface area contributed by atoms with Gasteiger partial charge in [-0.1, -0.05) is 37.3 Å². The molecule has 0 bridgehead atoms. The molecule has 0 N–H and O–H groups in total. The zero-order valence-electron chi connectivity index (χ0n) is 7.53. The highest BCUT2D eigenvalue weighted by Crippen LogP contribution is 2.31. The Labute approximate surface area is 74.0 Å². The Morgan fingerprint density at radius 2 is 2.08 bits per heavy atom. The lowest BCUT2D eigenvalue weighted by atomic mass is 9.95. The maximum atomic E-state index is 2.51. The summed E-state index contributed by atoms with van der Waals surface area (Å²) >= 11 is 0. The summed E-state index contributed by atoms with van der Waals surface area (Å²) in [5, 5.41) is 0. The van der Waals surface area contributed by atoms with Crippen LogP contribution in [0.2, 0.25) is 0 Å². The molecule has 1 aliphatic rings. The van der Waals surface area contributed by atoms with Crippen LogP contribution in [0.25, 0.3) is 0 Å². The molecular formula is C11H15N. The van der Waals surface area contributed by atoms with Gasteiger partial charge < -0.3 is 0 Å². The molecule has 1 heteroatoms. The molecular weight excluding hydrogens is 146 g/mol. The van der Waals surface area contributed by atoms with Gasteiger partial charge in [0.1, 0.15) is 0 Å². The van der Waals surface area contributed by atoms with Crippen LogP contribution < -0.4 is 0 Å². The van der Waals surface area contributed by atoms with Crippen molar-refractivity contribution in [2.45, 2.75) is 19.4 Å². The first kappa shape index (κ1) is 7.81. The minimum atomic E-state index is 0.705. The normalized spacial score (nSPS) is 23.6. The van der Waals surface area contributed by atoms with Gasteiger partial charge in [-0.2, -0.15) is 0 Å². The second kappa shape index (κ2) is 3.28. The van der Waals surface area contributed by atoms with Crippen molar-refractivity contribution in [3.05, 3.63) is 35.9 Å². The summed E-state index contributed by atoms with van der Waals surface area (Å²) in [6.45, 7) is 4.69. The van der Waals surface area contributed by atoms with Crippen LogP contribution in [0, 0.1) is 0 Å². The summed E-state index contributed by atoms with van der Waals surface area (Å²) in [5.74, 6) is 0. The second-order valence-corrected chi connectivity index (χ2v) is 3.34. The van der Waals surface area contributed by atoms with Crippen LogP contribution in [-0.2, 0) is 0 Å². The van der Waals surface area contributed by atoms with E-state index in [1.54, 1.807) is 0 Å². The molecule has 12 heavy (non-hydrogen) atoms. The Hall–Kier alpha value is -0.820. The summed E-state index contributed by atoms with van der Waals surface area (Å²) in [5.41, 5.74) is 1.48. The fourth-order valence-corrected chi connectivity index (χ4v) is 1.87. The van der Waals surface area contributed by atoms with Gasteiger partial charge in [-0.05, 0) is 18.5 Å². The molecule has 64 valence electrons. The number of hydrogen-bond donors (Lipinski definition) is 0. The van der Waals surface area contributed by atoms with E-state index < -0.39 is 0 Å². The molecule has 1 atom stereocenters. The molecule has 0 radical (unpaired) electrons. The first-order valence-electron chi connectivity index (χ1n) is 4.71. The molecule has 0 aliphatic carbocycles. The van der Waals surface area contributed by atoms with Crippen LogP contribution in [0.5, 0.6) is 0 Å². The molecule has 0 aromatic heterocycles. The minimum Gasteiger partial charge on any atom is -0.296 e. The standard InChI is InChI=1S/C11H15N/c1-2-12-9-8-11(12)10-6-4-3-5-7-10/h3-7,11H,2,8-9H2,1H3. The fourth-order valence-electron chi connectivity index (χ4n) is 1.87. The summed E-state index contributed by atoms with van der Waals surface area (Å²) in [4.78, 5) is 2.51. The number of benzene rings is 1. The Morgan fingerprint density at radius 1 is 1.33 bits per heavy atom. The SMILES string of the molecule is CCN1CCC1c1ccccc1. The third-order valence-electron chi connectivity index (χ3n) is 2.72. The number of likely N-dealkylation sites (tertiary alicyclic amines) is 1. The summed E-state index contributed by atoms with van der Waals surface area (Å²) in [7, 11) is 0. The van der Waals surface area contributed by atoms with Crippen LogP contribution in [-0.4, -0.2) is 18.0 Å². The minimum absolute atomic E-state index is 0.705. The topological polar surface area (TPSA) is 3.24 Å². The Morgan fingerprint density at radius 3 is 2.58 bits per heavy atom. The van der Waals surface area contributed by atoms with Gasteiger partial charge >= 0.3 is 0 Å². The van der Waals surface area contributed by atoms with E-state index >= 15 is 0 Å². The average Bonchev–Trinajstić information content (AvgIpc) is 2.05. The first-order valence-corrected chi connectivity index (χ1v) is 4.71. The molecule has 0 saturated carbocycles. The molecule has 1 aliphatic heterocycles. The van der Waals surface area contributed by atoms with E-state index in [1.165, 1.54) is 25.1 Å². The van der Waals surface area contributed by atoms with Crippen LogP contribution in [0.15, 0.2) is 30.3 Å². The second-order valence-electron chi connectivity index (χ2n) is 3.34. The van der Waals surface area contributed by atoms with Crippen molar-refractivity contribution >= 4 is 0 Å². The van der Waals surface area contributed by atoms with Gasteiger partial charge in [0.05, 0.1) is 0 Å². The highest BCUT2D eigenvalue weighted by Gasteiger charge is 2.26. The Bertz CT molecular complexity index is 240. The molecule has 1 unspecified atom stereocenters. The molecule has 1 heterocycles. The molecule has 2 rings (SSSR count). The van der Waals surface area contributed by atoms with Crippen molar-refractivity contribution in [2.24, 2.45) is 0 Å². The molecule has 1 aromatic carbocycles. The average molecular weight is 161 g/mol. The largest absolute Gasteiger partial charge is 0.296 e. The summed E-state index contributed by atoms with van der Waals surface area (Å²) in [6, 6.07) is 11.5. The van der Waals surface area contributed by atoms with E-state index in [-0.39, 0.29) is 0 Å². The zero-order chi connectivity index (χ0) is 8.39. The van der Waals surface area contributed by atoms with E-state index in [0.717, 1.165) is 0 Å². The number of hydrogen-bond acceptors (Lipinski definition) is 1. The van der Waals surface area contributed by atoms with Crippen LogP contribution in [0.3, 0.4) is 0 Å². The number of rotatable bonds is 2. The predicted molar refractivity (Wildman–Crippen MR) is 51.0 cm³/mol. The quantitative estimate of drug-likeness (QED) is 0.644. The van der Waals surface area contributed by atoms with Gasteiger partial charge in [-0.3, -0.25) is 4.90 Å². The maximum Gasteiger partial charge on any atom is 0.0360 e. The lowest BCUT2D eigenvalue weighted by Crippen LogP contribution is -2.40. The van der Waals surface area contributed by atoms with E-state index in [1.807, 2.05) is 0 Å². The molecule has 1 aromatic rings. The van der Waals surface area contributed by atoms with Gasteiger partial charge in [0, 0.05) is 12.6 Å². The predicted octanol–water partition coefficient (Wildman–Crippen LogP) is 2.45. The van der Waals surface area contributed by atoms with Crippen molar-refractivity contribution < 1.29 is 0 Å². The third-order valence-corrected chi connectivity index (χ3v) is 2.72. The zero-order valence-corrected chi connectivity index (χ0v) is 7.53. The van der Waals surface area contributed by atoms with Crippen molar-refractivity contribution in [3.8, 4) is 0 Å². The highest BCUT2D eigenvalue weighted by atomic mass is 15.2. The molecule has 1 nitrogen and oxygen atoms in total. The van der Waals surface area contributed by atoms with Crippen molar-refractivity contribution in [1.82, 2.24) is 4.90 Å². The maximum absolute atomic E-state index is 2.51. The third kappa shape index (κ3) is 1.25. The van der Waals surface area contributed by atoms with Gasteiger partial charge in [0.25, 0.3) is 0 Å². The van der Waals surface area contributed by atoms with Crippen molar-refractivity contribution in [3.63, 3.8) is 0 Å². The lowest BCUT2D eigenvalue weighted by Gasteiger charge is -2.40. The number of nitrogens with zero attached hydrogens (tertiary/aromatic N) is 1. The molecule has 0 spiro atoms. The smallest absolute Gasteiger partial charge is 0.0360 e. The van der Waals surface area contributed by atoms with Crippen molar-refractivity contribution in [1.29, 1.82) is 0 Å². The summed E-state index contributed by atoms with van der Waals surface area (Å²) < 4.78 is 0. The first-order chi connectivity index (χ1) is 5.92. The Kier molecular flexibility index (Phi) is 2.13. The van der Waals surface area contributed by atoms with Crippen LogP contribution in [0.4, 0.5) is 0 Å². The van der Waals surface area contributed by atoms with Gasteiger partial charge in [-0.25, -0.2) is 0 Å². The van der Waals surface area contributed by atoms with Crippen molar-refractivity contribution in [2.75, 3.05) is 13.1 Å². The lowest BCUT2D eigenvalue weighted by molar-refractivity contribution is 0.0984. The van der Waals surface area contributed by atoms with Crippen LogP contribution in [0.1, 0.15) is 24.9 Å². The van der Waals surface area contributed by atoms with E-state index in [2.05, 4.69) is 42.2 Å².